The highest BCUT2D eigenvalue weighted by Gasteiger charge is 2.45. The summed E-state index contributed by atoms with van der Waals surface area (Å²) in [5.74, 6) is -0.234. The topological polar surface area (TPSA) is 109 Å². The Kier molecular flexibility index (Phi) is 11.1. The Labute approximate surface area is 308 Å². The number of allylic oxidation sites excluding steroid dienone is 6. The van der Waals surface area contributed by atoms with Gasteiger partial charge in [-0.3, -0.25) is 4.55 Å². The molecule has 0 fully saturated rings. The molecule has 2 aliphatic heterocycles. The second-order valence-electron chi connectivity index (χ2n) is 15.0. The van der Waals surface area contributed by atoms with E-state index in [1.54, 1.807) is 0 Å². The van der Waals surface area contributed by atoms with Crippen molar-refractivity contribution in [3.05, 3.63) is 130 Å². The maximum atomic E-state index is 11.4. The van der Waals surface area contributed by atoms with Gasteiger partial charge in [-0.25, -0.2) is 0 Å². The first-order chi connectivity index (χ1) is 24.9. The first kappa shape index (κ1) is 37.1. The van der Waals surface area contributed by atoms with E-state index < -0.39 is 10.1 Å². The third kappa shape index (κ3) is 7.58. The number of fused-ring (bicyclic) bond motifs is 6. The van der Waals surface area contributed by atoms with Gasteiger partial charge in [0.2, 0.25) is 5.69 Å². The van der Waals surface area contributed by atoms with E-state index >= 15 is 0 Å². The summed E-state index contributed by atoms with van der Waals surface area (Å²) in [6, 6.07) is 26.0. The smallest absolute Gasteiger partial charge is 0.264 e. The van der Waals surface area contributed by atoms with Gasteiger partial charge in [0.25, 0.3) is 10.1 Å². The number of hydrogen-bond acceptors (Lipinski definition) is 4. The second kappa shape index (κ2) is 15.5. The van der Waals surface area contributed by atoms with Crippen LogP contribution in [0.5, 0.6) is 0 Å². The summed E-state index contributed by atoms with van der Waals surface area (Å²) in [5, 5.41) is 8.65. The van der Waals surface area contributed by atoms with Gasteiger partial charge in [0.05, 0.1) is 11.2 Å². The maximum absolute atomic E-state index is 11.4. The van der Waals surface area contributed by atoms with E-state index in [1.165, 1.54) is 44.1 Å². The lowest BCUT2D eigenvalue weighted by Gasteiger charge is -2.27. The molecule has 0 radical (unpaired) electrons. The van der Waals surface area contributed by atoms with Gasteiger partial charge in [-0.2, -0.15) is 13.0 Å². The highest BCUT2D eigenvalue weighted by Crippen LogP contribution is 2.51. The summed E-state index contributed by atoms with van der Waals surface area (Å²) in [5.41, 5.74) is 15.6. The van der Waals surface area contributed by atoms with Crippen LogP contribution in [0.2, 0.25) is 0 Å². The van der Waals surface area contributed by atoms with Crippen molar-refractivity contribution in [2.75, 3.05) is 30.3 Å². The molecule has 0 aliphatic carbocycles. The van der Waals surface area contributed by atoms with Crippen molar-refractivity contribution in [2.45, 2.75) is 77.0 Å². The number of nitrogens with zero attached hydrogens (tertiary/aromatic N) is 5. The van der Waals surface area contributed by atoms with Crippen molar-refractivity contribution in [1.82, 2.24) is 0 Å². The lowest BCUT2D eigenvalue weighted by atomic mass is 9.79. The molecule has 2 heterocycles. The highest BCUT2D eigenvalue weighted by molar-refractivity contribution is 7.85. The average Bonchev–Trinajstić information content (AvgIpc) is 3.47. The number of anilines is 1. The Morgan fingerprint density at radius 2 is 1.46 bits per heavy atom. The second-order valence-corrected chi connectivity index (χ2v) is 16.5. The fourth-order valence-electron chi connectivity index (χ4n) is 8.32. The first-order valence-electron chi connectivity index (χ1n) is 18.4. The Balaban J connectivity index is 1.30. The molecular weight excluding hydrogens is 667 g/mol. The normalized spacial score (nSPS) is 17.2. The molecule has 2 aliphatic rings. The predicted octanol–water partition coefficient (Wildman–Crippen LogP) is 10.7. The molecule has 0 aromatic heterocycles. The summed E-state index contributed by atoms with van der Waals surface area (Å²) in [4.78, 5) is 5.20. The third-order valence-corrected chi connectivity index (χ3v) is 11.5. The molecule has 0 amide bonds. The van der Waals surface area contributed by atoms with Crippen LogP contribution in [0.3, 0.4) is 0 Å². The van der Waals surface area contributed by atoms with E-state index in [0.717, 1.165) is 43.6 Å². The van der Waals surface area contributed by atoms with Crippen molar-refractivity contribution >= 4 is 48.7 Å². The van der Waals surface area contributed by atoms with Crippen LogP contribution in [-0.4, -0.2) is 48.6 Å². The van der Waals surface area contributed by atoms with E-state index in [1.807, 2.05) is 0 Å². The number of benzene rings is 4. The molecule has 0 saturated carbocycles. The fraction of sp³-hybridized carbons (Fsp3) is 0.372. The van der Waals surface area contributed by atoms with E-state index in [4.69, 9.17) is 5.53 Å². The van der Waals surface area contributed by atoms with Crippen LogP contribution in [0.15, 0.2) is 114 Å². The summed E-state index contributed by atoms with van der Waals surface area (Å²) < 4.78 is 34.7. The van der Waals surface area contributed by atoms with Gasteiger partial charge in [0.1, 0.15) is 6.54 Å². The van der Waals surface area contributed by atoms with Crippen LogP contribution in [0, 0.1) is 0 Å². The molecule has 1 N–H and O–H groups in total. The van der Waals surface area contributed by atoms with Crippen molar-refractivity contribution in [1.29, 1.82) is 0 Å². The van der Waals surface area contributed by atoms with Crippen LogP contribution in [-0.2, 0) is 20.9 Å². The molecule has 0 unspecified atom stereocenters. The minimum absolute atomic E-state index is 0.199. The summed E-state index contributed by atoms with van der Waals surface area (Å²) in [7, 11) is -4.00. The molecule has 4 aromatic carbocycles. The van der Waals surface area contributed by atoms with Crippen molar-refractivity contribution in [3.63, 3.8) is 0 Å². The maximum Gasteiger partial charge on any atom is 0.264 e. The molecule has 9 heteroatoms. The van der Waals surface area contributed by atoms with Crippen molar-refractivity contribution in [2.24, 2.45) is 5.11 Å². The largest absolute Gasteiger partial charge is 0.344 e. The Hall–Kier alpha value is -4.69. The van der Waals surface area contributed by atoms with Crippen LogP contribution in [0.4, 0.5) is 11.4 Å². The molecule has 0 bridgehead atoms. The first-order valence-corrected chi connectivity index (χ1v) is 20.0. The molecule has 6 rings (SSSR count). The third-order valence-electron chi connectivity index (χ3n) is 10.7. The minimum Gasteiger partial charge on any atom is -0.344 e. The van der Waals surface area contributed by atoms with E-state index in [2.05, 4.69) is 150 Å². The van der Waals surface area contributed by atoms with Crippen LogP contribution >= 0.6 is 0 Å². The van der Waals surface area contributed by atoms with Gasteiger partial charge in [-0.05, 0) is 90.4 Å². The predicted molar refractivity (Wildman–Crippen MR) is 216 cm³/mol. The zero-order chi connectivity index (χ0) is 36.9. The Morgan fingerprint density at radius 3 is 2.17 bits per heavy atom. The van der Waals surface area contributed by atoms with Gasteiger partial charge < -0.3 is 4.90 Å². The number of rotatable bonds is 15. The standard InChI is InChI=1S/C43H49N5O3S/c1-42(2)38(47(29-15-6-5-14-28-45-46-44)36-26-24-32-18-10-12-20-34(32)40(36)42)22-8-7-9-23-39-43(3,4)41-35-21-13-11-19-33(35)25-27-37(41)48(39)30-16-17-31-52(49,50)51/h7-13,18-27H,5-6,14-17,28-31H2,1-4H3/p+1. The summed E-state index contributed by atoms with van der Waals surface area (Å²) in [6.07, 6.45) is 15.9. The molecule has 270 valence electrons. The summed E-state index contributed by atoms with van der Waals surface area (Å²) >= 11 is 0. The van der Waals surface area contributed by atoms with Gasteiger partial charge in [0.15, 0.2) is 5.71 Å². The quantitative estimate of drug-likeness (QED) is 0.0251. The van der Waals surface area contributed by atoms with Gasteiger partial charge >= 0.3 is 0 Å². The van der Waals surface area contributed by atoms with Gasteiger partial charge in [-0.15, -0.1) is 0 Å². The molecular formula is C43H50N5O3S+. The van der Waals surface area contributed by atoms with Crippen molar-refractivity contribution in [3.8, 4) is 0 Å². The Morgan fingerprint density at radius 1 is 0.788 bits per heavy atom. The van der Waals surface area contributed by atoms with Crippen LogP contribution in [0.25, 0.3) is 32.0 Å². The number of azide groups is 1. The van der Waals surface area contributed by atoms with E-state index in [-0.39, 0.29) is 16.6 Å². The highest BCUT2D eigenvalue weighted by atomic mass is 32.2. The number of hydrogen-bond donors (Lipinski definition) is 1. The summed E-state index contributed by atoms with van der Waals surface area (Å²) in [6.45, 7) is 11.3. The molecule has 4 aromatic rings. The minimum atomic E-state index is -4.00. The van der Waals surface area contributed by atoms with Crippen molar-refractivity contribution < 1.29 is 17.5 Å². The van der Waals surface area contributed by atoms with E-state index in [9.17, 15) is 13.0 Å². The number of unbranched alkanes of at least 4 members (excludes halogenated alkanes) is 4. The molecule has 0 atom stereocenters. The lowest BCUT2D eigenvalue weighted by molar-refractivity contribution is -0.438. The van der Waals surface area contributed by atoms with Crippen LogP contribution < -0.4 is 4.90 Å². The average molecular weight is 717 g/mol. The van der Waals surface area contributed by atoms with Gasteiger partial charge in [-0.1, -0.05) is 98.2 Å². The molecule has 8 nitrogen and oxygen atoms in total. The van der Waals surface area contributed by atoms with Gasteiger partial charge in [0, 0.05) is 58.9 Å². The molecule has 52 heavy (non-hydrogen) atoms. The van der Waals surface area contributed by atoms with E-state index in [0.29, 0.717) is 25.9 Å². The Bertz CT molecular complexity index is 2260. The zero-order valence-electron chi connectivity index (χ0n) is 30.8. The lowest BCUT2D eigenvalue weighted by Crippen LogP contribution is -2.28. The fourth-order valence-corrected chi connectivity index (χ4v) is 8.88. The van der Waals surface area contributed by atoms with Crippen LogP contribution in [0.1, 0.15) is 77.3 Å². The SMILES string of the molecule is CC1(C)C(/C=C/C=C/C=C2/N(CCCCS(=O)(=O)O)c3ccc4ccccc4c3C2(C)C)=[N+](CCCCCCN=[N+]=[N-])c2ccc3ccccc3c21. The molecule has 0 spiro atoms. The molecule has 0 saturated heterocycles. The monoisotopic (exact) mass is 716 g/mol. The zero-order valence-corrected chi connectivity index (χ0v) is 31.6.